The zero-order valence-corrected chi connectivity index (χ0v) is 10.7. The number of aromatic nitrogens is 3. The highest BCUT2D eigenvalue weighted by Gasteiger charge is 2.17. The highest BCUT2D eigenvalue weighted by atomic mass is 16.5. The molecule has 1 rings (SSSR count). The number of ether oxygens (including phenoxy) is 1. The van der Waals surface area contributed by atoms with Gasteiger partial charge in [0, 0.05) is 0 Å². The Labute approximate surface area is 105 Å². The molecule has 1 aromatic rings. The van der Waals surface area contributed by atoms with Gasteiger partial charge in [0.1, 0.15) is 0 Å². The molecule has 0 aliphatic rings. The molecule has 0 spiro atoms. The third kappa shape index (κ3) is 3.47. The van der Waals surface area contributed by atoms with Crippen molar-refractivity contribution in [2.75, 3.05) is 11.9 Å². The van der Waals surface area contributed by atoms with Crippen molar-refractivity contribution >= 4 is 17.8 Å². The maximum atomic E-state index is 11.4. The Kier molecular flexibility index (Phi) is 5.16. The fourth-order valence-corrected chi connectivity index (χ4v) is 1.34. The Morgan fingerprint density at radius 1 is 1.11 bits per heavy atom. The first-order chi connectivity index (χ1) is 8.62. The van der Waals surface area contributed by atoms with Crippen LogP contribution in [0.2, 0.25) is 0 Å². The normalized spacial score (nSPS) is 9.94. The van der Waals surface area contributed by atoms with Crippen LogP contribution in [0.4, 0.5) is 5.95 Å². The molecule has 0 fully saturated rings. The van der Waals surface area contributed by atoms with E-state index >= 15 is 0 Å². The summed E-state index contributed by atoms with van der Waals surface area (Å²) >= 11 is 0. The summed E-state index contributed by atoms with van der Waals surface area (Å²) in [4.78, 5) is 26.6. The quantitative estimate of drug-likeness (QED) is 0.619. The number of nitrogens with zero attached hydrogens (tertiary/aromatic N) is 3. The minimum Gasteiger partial charge on any atom is -0.459 e. The topological polar surface area (TPSA) is 94.1 Å². The molecule has 0 unspecified atom stereocenters. The molecule has 1 N–H and O–H groups in total. The van der Waals surface area contributed by atoms with E-state index < -0.39 is 11.9 Å². The molecule has 0 aliphatic heterocycles. The maximum Gasteiger partial charge on any atom is 0.397 e. The molecule has 0 saturated heterocycles. The molecule has 0 bridgehead atoms. The van der Waals surface area contributed by atoms with Gasteiger partial charge in [-0.2, -0.15) is 0 Å². The Hall–Kier alpha value is -2.05. The highest BCUT2D eigenvalue weighted by molar-refractivity contribution is 6.37. The summed E-state index contributed by atoms with van der Waals surface area (Å²) in [5, 5.41) is 9.94. The first-order valence-electron chi connectivity index (χ1n) is 5.82. The second-order valence-corrected chi connectivity index (χ2v) is 3.41. The predicted octanol–water partition coefficient (Wildman–Crippen LogP) is 0.498. The van der Waals surface area contributed by atoms with E-state index in [0.29, 0.717) is 6.42 Å². The first-order valence-corrected chi connectivity index (χ1v) is 5.82. The van der Waals surface area contributed by atoms with Crippen molar-refractivity contribution in [3.63, 3.8) is 0 Å². The number of hydrogen-bond acceptors (Lipinski definition) is 6. The number of aryl methyl sites for hydroxylation is 2. The van der Waals surface area contributed by atoms with E-state index in [-0.39, 0.29) is 12.6 Å². The third-order valence-corrected chi connectivity index (χ3v) is 2.20. The largest absolute Gasteiger partial charge is 0.459 e. The van der Waals surface area contributed by atoms with Gasteiger partial charge < -0.3 is 4.74 Å². The van der Waals surface area contributed by atoms with E-state index in [4.69, 9.17) is 0 Å². The van der Waals surface area contributed by atoms with Gasteiger partial charge in [0.25, 0.3) is 0 Å². The molecule has 0 atom stereocenters. The predicted molar refractivity (Wildman–Crippen MR) is 63.8 cm³/mol. The van der Waals surface area contributed by atoms with Crippen LogP contribution in [0, 0.1) is 0 Å². The number of carbonyl (C=O) groups is 2. The average Bonchev–Trinajstić information content (AvgIpc) is 2.38. The van der Waals surface area contributed by atoms with Gasteiger partial charge in [-0.05, 0) is 19.8 Å². The van der Waals surface area contributed by atoms with E-state index in [0.717, 1.165) is 17.8 Å². The third-order valence-electron chi connectivity index (χ3n) is 2.20. The van der Waals surface area contributed by atoms with Crippen LogP contribution in [-0.4, -0.2) is 33.7 Å². The number of hydrogen-bond donors (Lipinski definition) is 1. The van der Waals surface area contributed by atoms with Gasteiger partial charge >= 0.3 is 11.9 Å². The van der Waals surface area contributed by atoms with Crippen molar-refractivity contribution in [1.82, 2.24) is 15.2 Å². The van der Waals surface area contributed by atoms with E-state index in [1.54, 1.807) is 6.92 Å². The molecule has 1 heterocycles. The summed E-state index contributed by atoms with van der Waals surface area (Å²) in [5.41, 5.74) is 1.54. The molecule has 7 heteroatoms. The molecular formula is C11H16N4O3. The summed E-state index contributed by atoms with van der Waals surface area (Å²) in [7, 11) is 0. The summed E-state index contributed by atoms with van der Waals surface area (Å²) < 4.78 is 4.55. The second-order valence-electron chi connectivity index (χ2n) is 3.41. The van der Waals surface area contributed by atoms with E-state index in [9.17, 15) is 9.59 Å². The maximum absolute atomic E-state index is 11.4. The van der Waals surface area contributed by atoms with Crippen LogP contribution in [0.15, 0.2) is 0 Å². The molecule has 1 aromatic heterocycles. The fourth-order valence-electron chi connectivity index (χ4n) is 1.34. The molecule has 18 heavy (non-hydrogen) atoms. The van der Waals surface area contributed by atoms with Crippen molar-refractivity contribution in [3.05, 3.63) is 11.4 Å². The number of carbonyl (C=O) groups excluding carboxylic acids is 2. The average molecular weight is 252 g/mol. The summed E-state index contributed by atoms with van der Waals surface area (Å²) in [6.45, 7) is 5.64. The molecule has 1 amide bonds. The van der Waals surface area contributed by atoms with E-state index in [1.165, 1.54) is 0 Å². The van der Waals surface area contributed by atoms with Gasteiger partial charge in [-0.15, -0.1) is 10.2 Å². The van der Waals surface area contributed by atoms with Crippen LogP contribution < -0.4 is 5.32 Å². The second kappa shape index (κ2) is 6.63. The van der Waals surface area contributed by atoms with Gasteiger partial charge in [-0.25, -0.2) is 9.78 Å². The van der Waals surface area contributed by atoms with Gasteiger partial charge in [0.2, 0.25) is 5.95 Å². The van der Waals surface area contributed by atoms with Gasteiger partial charge in [0.05, 0.1) is 18.0 Å². The Balaban J connectivity index is 2.79. The van der Waals surface area contributed by atoms with Crippen molar-refractivity contribution in [1.29, 1.82) is 0 Å². The molecule has 7 nitrogen and oxygen atoms in total. The Morgan fingerprint density at radius 2 is 1.78 bits per heavy atom. The lowest BCUT2D eigenvalue weighted by Gasteiger charge is -2.06. The fraction of sp³-hybridized carbons (Fsp3) is 0.545. The van der Waals surface area contributed by atoms with Crippen LogP contribution in [0.25, 0.3) is 0 Å². The molecule has 98 valence electrons. The molecule has 0 aliphatic carbocycles. The number of nitrogens with one attached hydrogen (secondary N) is 1. The summed E-state index contributed by atoms with van der Waals surface area (Å²) in [6, 6.07) is 0. The Bertz CT molecular complexity index is 448. The van der Waals surface area contributed by atoms with Crippen molar-refractivity contribution in [2.45, 2.75) is 33.6 Å². The molecule has 0 radical (unpaired) electrons. The lowest BCUT2D eigenvalue weighted by molar-refractivity contribution is -0.152. The smallest absolute Gasteiger partial charge is 0.397 e. The van der Waals surface area contributed by atoms with Crippen LogP contribution in [0.5, 0.6) is 0 Å². The first kappa shape index (κ1) is 14.0. The van der Waals surface area contributed by atoms with Crippen LogP contribution in [0.3, 0.4) is 0 Å². The molecular weight excluding hydrogens is 236 g/mol. The van der Waals surface area contributed by atoms with Gasteiger partial charge in [0.15, 0.2) is 0 Å². The summed E-state index contributed by atoms with van der Waals surface area (Å²) in [6.07, 6.45) is 1.40. The van der Waals surface area contributed by atoms with E-state index in [1.807, 2.05) is 13.8 Å². The van der Waals surface area contributed by atoms with E-state index in [2.05, 4.69) is 25.2 Å². The van der Waals surface area contributed by atoms with Crippen molar-refractivity contribution in [3.8, 4) is 0 Å². The zero-order chi connectivity index (χ0) is 13.5. The monoisotopic (exact) mass is 252 g/mol. The van der Waals surface area contributed by atoms with Gasteiger partial charge in [-0.1, -0.05) is 13.8 Å². The number of rotatable bonds is 4. The SMILES string of the molecule is CCOC(=O)C(=O)Nc1nnc(CC)c(CC)n1. The van der Waals surface area contributed by atoms with Crippen LogP contribution in [0.1, 0.15) is 32.2 Å². The number of anilines is 1. The lowest BCUT2D eigenvalue weighted by atomic mass is 10.2. The number of amides is 1. The van der Waals surface area contributed by atoms with Crippen LogP contribution in [-0.2, 0) is 27.2 Å². The standard InChI is InChI=1S/C11H16N4O3/c1-4-7-8(5-2)14-15-11(12-7)13-9(16)10(17)18-6-3/h4-6H2,1-3H3,(H,12,13,15,16). The molecule has 0 aromatic carbocycles. The highest BCUT2D eigenvalue weighted by Crippen LogP contribution is 2.06. The van der Waals surface area contributed by atoms with Crippen molar-refractivity contribution in [2.24, 2.45) is 0 Å². The van der Waals surface area contributed by atoms with Crippen LogP contribution >= 0.6 is 0 Å². The lowest BCUT2D eigenvalue weighted by Crippen LogP contribution is -2.26. The van der Waals surface area contributed by atoms with Crippen molar-refractivity contribution < 1.29 is 14.3 Å². The Morgan fingerprint density at radius 3 is 2.33 bits per heavy atom. The minimum atomic E-state index is -0.960. The number of esters is 1. The summed E-state index contributed by atoms with van der Waals surface area (Å²) in [5.74, 6) is -1.84. The van der Waals surface area contributed by atoms with Gasteiger partial charge in [-0.3, -0.25) is 10.1 Å². The molecule has 0 saturated carbocycles. The zero-order valence-electron chi connectivity index (χ0n) is 10.7. The minimum absolute atomic E-state index is 0.0158.